The Kier molecular flexibility index (Phi) is 3.12. The van der Waals surface area contributed by atoms with E-state index in [4.69, 9.17) is 4.74 Å². The molecule has 0 aromatic carbocycles. The van der Waals surface area contributed by atoms with Crippen LogP contribution in [0.4, 0.5) is 0 Å². The number of rotatable bonds is 2. The summed E-state index contributed by atoms with van der Waals surface area (Å²) < 4.78 is 5.67. The van der Waals surface area contributed by atoms with Gasteiger partial charge in [-0.2, -0.15) is 0 Å². The van der Waals surface area contributed by atoms with Gasteiger partial charge in [0.15, 0.2) is 0 Å². The van der Waals surface area contributed by atoms with Crippen molar-refractivity contribution in [3.8, 4) is 0 Å². The van der Waals surface area contributed by atoms with E-state index >= 15 is 0 Å². The molecule has 2 saturated carbocycles. The monoisotopic (exact) mass is 210 g/mol. The third-order valence-electron chi connectivity index (χ3n) is 4.88. The molecular formula is C14H26O. The number of hydrogen-bond donors (Lipinski definition) is 0. The van der Waals surface area contributed by atoms with Crippen LogP contribution < -0.4 is 0 Å². The van der Waals surface area contributed by atoms with Gasteiger partial charge < -0.3 is 4.74 Å². The van der Waals surface area contributed by atoms with Crippen LogP contribution >= 0.6 is 0 Å². The molecule has 0 aliphatic heterocycles. The van der Waals surface area contributed by atoms with Crippen molar-refractivity contribution in [1.82, 2.24) is 0 Å². The van der Waals surface area contributed by atoms with Gasteiger partial charge in [-0.15, -0.1) is 0 Å². The molecule has 2 fully saturated rings. The summed E-state index contributed by atoms with van der Waals surface area (Å²) in [6.07, 6.45) is 7.24. The van der Waals surface area contributed by atoms with E-state index in [1.165, 1.54) is 32.1 Å². The zero-order valence-corrected chi connectivity index (χ0v) is 10.8. The molecule has 2 aliphatic rings. The fraction of sp³-hybridized carbons (Fsp3) is 1.00. The Labute approximate surface area is 94.6 Å². The third kappa shape index (κ3) is 2.38. The first-order valence-electron chi connectivity index (χ1n) is 6.56. The van der Waals surface area contributed by atoms with Gasteiger partial charge in [-0.25, -0.2) is 0 Å². The molecule has 0 aromatic rings. The highest BCUT2D eigenvalue weighted by molar-refractivity contribution is 4.91. The van der Waals surface area contributed by atoms with Crippen molar-refractivity contribution in [1.29, 1.82) is 0 Å². The van der Waals surface area contributed by atoms with E-state index in [1.807, 2.05) is 7.11 Å². The minimum absolute atomic E-state index is 0.0947. The maximum absolute atomic E-state index is 5.67. The van der Waals surface area contributed by atoms with Crippen molar-refractivity contribution < 1.29 is 4.74 Å². The topological polar surface area (TPSA) is 9.23 Å². The smallest absolute Gasteiger partial charge is 0.0650 e. The molecular weight excluding hydrogens is 184 g/mol. The Morgan fingerprint density at radius 1 is 0.933 bits per heavy atom. The quantitative estimate of drug-likeness (QED) is 0.672. The number of ether oxygens (including phenoxy) is 1. The van der Waals surface area contributed by atoms with Crippen LogP contribution in [-0.2, 0) is 4.74 Å². The van der Waals surface area contributed by atoms with Gasteiger partial charge in [0.25, 0.3) is 0 Å². The Morgan fingerprint density at radius 3 is 1.93 bits per heavy atom. The fourth-order valence-electron chi connectivity index (χ4n) is 3.92. The molecule has 0 heterocycles. The first kappa shape index (κ1) is 11.4. The molecule has 15 heavy (non-hydrogen) atoms. The van der Waals surface area contributed by atoms with Crippen molar-refractivity contribution in [2.45, 2.75) is 58.5 Å². The minimum Gasteiger partial charge on any atom is -0.379 e. The Morgan fingerprint density at radius 2 is 1.47 bits per heavy atom. The summed E-state index contributed by atoms with van der Waals surface area (Å²) in [5.41, 5.74) is 0.0947. The van der Waals surface area contributed by atoms with Gasteiger partial charge in [-0.05, 0) is 69.6 Å². The second-order valence-electron chi connectivity index (χ2n) is 6.52. The number of fused-ring (bicyclic) bond motifs is 2. The standard InChI is InChI=1S/C14H26O/c1-10-5-11-7-12(6-10)9-13(8-11)14(2,3)15-4/h10-13H,5-9H2,1-4H3. The van der Waals surface area contributed by atoms with Gasteiger partial charge in [-0.3, -0.25) is 0 Å². The Hall–Kier alpha value is -0.0400. The summed E-state index contributed by atoms with van der Waals surface area (Å²) in [6, 6.07) is 0. The molecule has 1 nitrogen and oxygen atoms in total. The van der Waals surface area contributed by atoms with Crippen molar-refractivity contribution in [3.63, 3.8) is 0 Å². The Balaban J connectivity index is 2.02. The predicted molar refractivity (Wildman–Crippen MR) is 63.8 cm³/mol. The summed E-state index contributed by atoms with van der Waals surface area (Å²) >= 11 is 0. The SMILES string of the molecule is COC(C)(C)C1CC2CC(C)CC(C2)C1. The van der Waals surface area contributed by atoms with Crippen LogP contribution in [0.15, 0.2) is 0 Å². The van der Waals surface area contributed by atoms with Crippen molar-refractivity contribution in [2.75, 3.05) is 7.11 Å². The zero-order chi connectivity index (χ0) is 11.1. The van der Waals surface area contributed by atoms with Crippen LogP contribution in [0.3, 0.4) is 0 Å². The average Bonchev–Trinajstić information content (AvgIpc) is 2.15. The molecule has 2 atom stereocenters. The molecule has 1 heteroatoms. The molecule has 0 spiro atoms. The zero-order valence-electron chi connectivity index (χ0n) is 10.8. The lowest BCUT2D eigenvalue weighted by Crippen LogP contribution is -2.41. The van der Waals surface area contributed by atoms with E-state index in [0.717, 1.165) is 23.7 Å². The summed E-state index contributed by atoms with van der Waals surface area (Å²) in [6.45, 7) is 6.96. The van der Waals surface area contributed by atoms with Crippen LogP contribution in [0, 0.1) is 23.7 Å². The van der Waals surface area contributed by atoms with E-state index < -0.39 is 0 Å². The van der Waals surface area contributed by atoms with Crippen molar-refractivity contribution >= 4 is 0 Å². The molecule has 0 N–H and O–H groups in total. The van der Waals surface area contributed by atoms with Gasteiger partial charge in [0.05, 0.1) is 5.60 Å². The first-order valence-corrected chi connectivity index (χ1v) is 6.56. The van der Waals surface area contributed by atoms with Gasteiger partial charge in [0.2, 0.25) is 0 Å². The highest BCUT2D eigenvalue weighted by Crippen LogP contribution is 2.48. The van der Waals surface area contributed by atoms with E-state index in [0.29, 0.717) is 0 Å². The summed E-state index contributed by atoms with van der Waals surface area (Å²) in [5, 5.41) is 0. The Bertz CT molecular complexity index is 203. The largest absolute Gasteiger partial charge is 0.379 e. The fourth-order valence-corrected chi connectivity index (χ4v) is 3.92. The highest BCUT2D eigenvalue weighted by Gasteiger charge is 2.40. The van der Waals surface area contributed by atoms with Gasteiger partial charge in [0.1, 0.15) is 0 Å². The van der Waals surface area contributed by atoms with Crippen LogP contribution in [0.2, 0.25) is 0 Å². The highest BCUT2D eigenvalue weighted by atomic mass is 16.5. The van der Waals surface area contributed by atoms with Crippen molar-refractivity contribution in [3.05, 3.63) is 0 Å². The number of methoxy groups -OCH3 is 1. The van der Waals surface area contributed by atoms with E-state index in [9.17, 15) is 0 Å². The van der Waals surface area contributed by atoms with Gasteiger partial charge >= 0.3 is 0 Å². The molecule has 0 radical (unpaired) electrons. The van der Waals surface area contributed by atoms with Gasteiger partial charge in [0, 0.05) is 7.11 Å². The molecule has 0 aromatic heterocycles. The molecule has 2 bridgehead atoms. The average molecular weight is 210 g/mol. The molecule has 2 aliphatic carbocycles. The molecule has 88 valence electrons. The van der Waals surface area contributed by atoms with Crippen molar-refractivity contribution in [2.24, 2.45) is 23.7 Å². The van der Waals surface area contributed by atoms with Crippen LogP contribution in [-0.4, -0.2) is 12.7 Å². The maximum atomic E-state index is 5.67. The maximum Gasteiger partial charge on any atom is 0.0650 e. The summed E-state index contributed by atoms with van der Waals surface area (Å²) in [5.74, 6) is 3.75. The normalized spacial score (nSPS) is 41.6. The molecule has 0 amide bonds. The lowest BCUT2D eigenvalue weighted by atomic mass is 9.62. The third-order valence-corrected chi connectivity index (χ3v) is 4.88. The second-order valence-corrected chi connectivity index (χ2v) is 6.52. The lowest BCUT2D eigenvalue weighted by Gasteiger charge is -2.46. The second kappa shape index (κ2) is 4.08. The van der Waals surface area contributed by atoms with Crippen LogP contribution in [0.1, 0.15) is 52.9 Å². The first-order chi connectivity index (χ1) is 7.01. The number of hydrogen-bond acceptors (Lipinski definition) is 1. The lowest BCUT2D eigenvalue weighted by molar-refractivity contribution is -0.0666. The molecule has 2 unspecified atom stereocenters. The molecule has 0 saturated heterocycles. The van der Waals surface area contributed by atoms with E-state index in [1.54, 1.807) is 0 Å². The van der Waals surface area contributed by atoms with E-state index in [-0.39, 0.29) is 5.60 Å². The van der Waals surface area contributed by atoms with Crippen LogP contribution in [0.5, 0.6) is 0 Å². The summed E-state index contributed by atoms with van der Waals surface area (Å²) in [4.78, 5) is 0. The molecule has 2 rings (SSSR count). The van der Waals surface area contributed by atoms with E-state index in [2.05, 4.69) is 20.8 Å². The summed E-state index contributed by atoms with van der Waals surface area (Å²) in [7, 11) is 1.87. The predicted octanol–water partition coefficient (Wildman–Crippen LogP) is 3.87. The van der Waals surface area contributed by atoms with Crippen LogP contribution in [0.25, 0.3) is 0 Å². The minimum atomic E-state index is 0.0947. The van der Waals surface area contributed by atoms with Gasteiger partial charge in [-0.1, -0.05) is 6.92 Å².